The largest absolute Gasteiger partial charge is 0.508 e. The number of ether oxygens (including phenoxy) is 1. The molecule has 0 radical (unpaired) electrons. The monoisotopic (exact) mass is 658 g/mol. The van der Waals surface area contributed by atoms with Crippen LogP contribution in [-0.4, -0.2) is 62.5 Å². The van der Waals surface area contributed by atoms with E-state index >= 15 is 0 Å². The van der Waals surface area contributed by atoms with Gasteiger partial charge in [-0.15, -0.1) is 11.3 Å². The van der Waals surface area contributed by atoms with Crippen LogP contribution in [0.25, 0.3) is 22.5 Å². The zero-order chi connectivity index (χ0) is 34.1. The van der Waals surface area contributed by atoms with Crippen molar-refractivity contribution in [3.8, 4) is 28.3 Å². The number of thiophene rings is 1. The average Bonchev–Trinajstić information content (AvgIpc) is 3.47. The number of aromatic nitrogens is 2. The SMILES string of the molecule is CC(C)(C)OC(=O)C1CN(C(=O)C(Cc2ccc(-c3ncc(-c4ccc(O)cc4F)cn3)cc2)NC(=O)c2ccc(C(C)(C)C)s2)C1. The summed E-state index contributed by atoms with van der Waals surface area (Å²) in [5.74, 6) is -1.65. The fourth-order valence-electron chi connectivity index (χ4n) is 5.09. The number of halogens is 1. The molecule has 5 rings (SSSR count). The highest BCUT2D eigenvalue weighted by atomic mass is 32.1. The normalized spacial score (nSPS) is 14.3. The first kappa shape index (κ1) is 33.7. The van der Waals surface area contributed by atoms with Crippen molar-refractivity contribution in [2.24, 2.45) is 5.92 Å². The number of carbonyl (C=O) groups excluding carboxylic acids is 3. The van der Waals surface area contributed by atoms with Gasteiger partial charge in [-0.3, -0.25) is 14.4 Å². The summed E-state index contributed by atoms with van der Waals surface area (Å²) in [7, 11) is 0. The first-order valence-corrected chi connectivity index (χ1v) is 16.2. The predicted molar refractivity (Wildman–Crippen MR) is 178 cm³/mol. The Bertz CT molecular complexity index is 1770. The summed E-state index contributed by atoms with van der Waals surface area (Å²) in [6.45, 7) is 12.1. The molecule has 0 bridgehead atoms. The molecule has 0 saturated carbocycles. The number of hydrogen-bond acceptors (Lipinski definition) is 8. The molecule has 9 nitrogen and oxygen atoms in total. The van der Waals surface area contributed by atoms with Gasteiger partial charge >= 0.3 is 5.97 Å². The lowest BCUT2D eigenvalue weighted by molar-refractivity contribution is -0.168. The molecule has 1 aliphatic rings. The van der Waals surface area contributed by atoms with Gasteiger partial charge in [-0.05, 0) is 56.0 Å². The third kappa shape index (κ3) is 8.21. The number of benzene rings is 2. The van der Waals surface area contributed by atoms with Crippen LogP contribution in [0, 0.1) is 11.7 Å². The summed E-state index contributed by atoms with van der Waals surface area (Å²) < 4.78 is 19.8. The highest BCUT2D eigenvalue weighted by Gasteiger charge is 2.41. The van der Waals surface area contributed by atoms with Gasteiger partial charge in [0.15, 0.2) is 5.82 Å². The van der Waals surface area contributed by atoms with Crippen molar-refractivity contribution in [3.05, 3.63) is 88.1 Å². The molecule has 1 fully saturated rings. The minimum atomic E-state index is -0.858. The number of aromatic hydroxyl groups is 1. The van der Waals surface area contributed by atoms with Crippen LogP contribution in [0.3, 0.4) is 0 Å². The number of nitrogens with zero attached hydrogens (tertiary/aromatic N) is 3. The number of hydrogen-bond donors (Lipinski definition) is 2. The van der Waals surface area contributed by atoms with Gasteiger partial charge in [0.2, 0.25) is 5.91 Å². The van der Waals surface area contributed by atoms with Crippen molar-refractivity contribution in [3.63, 3.8) is 0 Å². The molecule has 2 amide bonds. The quantitative estimate of drug-likeness (QED) is 0.218. The van der Waals surface area contributed by atoms with Crippen LogP contribution in [0.4, 0.5) is 4.39 Å². The van der Waals surface area contributed by atoms with E-state index in [1.807, 2.05) is 30.3 Å². The molecule has 47 heavy (non-hydrogen) atoms. The second kappa shape index (κ2) is 13.2. The Morgan fingerprint density at radius 3 is 2.21 bits per heavy atom. The molecule has 2 aromatic heterocycles. The van der Waals surface area contributed by atoms with Gasteiger partial charge in [0, 0.05) is 59.5 Å². The van der Waals surface area contributed by atoms with E-state index in [0.717, 1.165) is 22.1 Å². The van der Waals surface area contributed by atoms with Crippen molar-refractivity contribution >= 4 is 29.1 Å². The van der Waals surface area contributed by atoms with Crippen molar-refractivity contribution in [2.45, 2.75) is 65.0 Å². The first-order chi connectivity index (χ1) is 22.1. The van der Waals surface area contributed by atoms with Crippen molar-refractivity contribution in [2.75, 3.05) is 13.1 Å². The smallest absolute Gasteiger partial charge is 0.313 e. The van der Waals surface area contributed by atoms with Gasteiger partial charge in [-0.2, -0.15) is 0 Å². The number of likely N-dealkylation sites (tertiary alicyclic amines) is 1. The van der Waals surface area contributed by atoms with Crippen LogP contribution in [0.2, 0.25) is 0 Å². The summed E-state index contributed by atoms with van der Waals surface area (Å²) in [5.41, 5.74) is 1.55. The highest BCUT2D eigenvalue weighted by Crippen LogP contribution is 2.30. The molecular formula is C36H39FN4O5S. The molecule has 2 aromatic carbocycles. The van der Waals surface area contributed by atoms with E-state index in [-0.39, 0.29) is 54.0 Å². The second-order valence-electron chi connectivity index (χ2n) is 13.8. The van der Waals surface area contributed by atoms with Crippen LogP contribution < -0.4 is 5.32 Å². The molecule has 3 heterocycles. The van der Waals surface area contributed by atoms with Gasteiger partial charge in [0.1, 0.15) is 23.2 Å². The number of esters is 1. The number of carbonyl (C=O) groups is 3. The van der Waals surface area contributed by atoms with Gasteiger partial charge in [-0.1, -0.05) is 45.0 Å². The zero-order valence-corrected chi connectivity index (χ0v) is 28.2. The van der Waals surface area contributed by atoms with E-state index in [2.05, 4.69) is 36.1 Å². The third-order valence-electron chi connectivity index (χ3n) is 7.67. The Morgan fingerprint density at radius 2 is 1.64 bits per heavy atom. The fourth-order valence-corrected chi connectivity index (χ4v) is 6.05. The van der Waals surface area contributed by atoms with Gasteiger partial charge in [0.25, 0.3) is 5.91 Å². The van der Waals surface area contributed by atoms with Crippen LogP contribution >= 0.6 is 11.3 Å². The van der Waals surface area contributed by atoms with Crippen LogP contribution in [0.5, 0.6) is 5.75 Å². The Kier molecular flexibility index (Phi) is 9.49. The molecule has 1 atom stereocenters. The maximum Gasteiger partial charge on any atom is 0.313 e. The Labute approximate surface area is 277 Å². The maximum atomic E-state index is 14.3. The van der Waals surface area contributed by atoms with Crippen molar-refractivity contribution in [1.82, 2.24) is 20.2 Å². The summed E-state index contributed by atoms with van der Waals surface area (Å²) >= 11 is 1.40. The van der Waals surface area contributed by atoms with Crippen LogP contribution in [-0.2, 0) is 26.2 Å². The van der Waals surface area contributed by atoms with E-state index in [0.29, 0.717) is 16.3 Å². The molecule has 2 N–H and O–H groups in total. The van der Waals surface area contributed by atoms with E-state index in [1.165, 1.54) is 35.9 Å². The lowest BCUT2D eigenvalue weighted by Crippen LogP contribution is -2.59. The van der Waals surface area contributed by atoms with Gasteiger partial charge in [-0.25, -0.2) is 14.4 Å². The number of nitrogens with one attached hydrogen (secondary N) is 1. The summed E-state index contributed by atoms with van der Waals surface area (Å²) in [4.78, 5) is 51.5. The van der Waals surface area contributed by atoms with Gasteiger partial charge < -0.3 is 20.1 Å². The van der Waals surface area contributed by atoms with E-state index in [1.54, 1.807) is 31.7 Å². The molecule has 1 unspecified atom stereocenters. The summed E-state index contributed by atoms with van der Waals surface area (Å²) in [6, 6.07) is 14.1. The van der Waals surface area contributed by atoms with Crippen LogP contribution in [0.1, 0.15) is 61.7 Å². The molecule has 246 valence electrons. The first-order valence-electron chi connectivity index (χ1n) is 15.4. The zero-order valence-electron chi connectivity index (χ0n) is 27.3. The number of phenolic OH excluding ortho intramolecular Hbond substituents is 1. The molecule has 0 aliphatic carbocycles. The Morgan fingerprint density at radius 1 is 0.979 bits per heavy atom. The Balaban J connectivity index is 1.30. The van der Waals surface area contributed by atoms with E-state index < -0.39 is 23.4 Å². The summed E-state index contributed by atoms with van der Waals surface area (Å²) in [6.07, 6.45) is 3.27. The topological polar surface area (TPSA) is 122 Å². The molecule has 1 aliphatic heterocycles. The summed E-state index contributed by atoms with van der Waals surface area (Å²) in [5, 5.41) is 12.4. The van der Waals surface area contributed by atoms with Crippen LogP contribution in [0.15, 0.2) is 67.0 Å². The number of amides is 2. The minimum Gasteiger partial charge on any atom is -0.508 e. The standard InChI is InChI=1S/C36H39FN4O5S/c1-35(2,3)30-14-13-29(47-30)32(43)40-28(33(44)41-19-24(20-41)34(45)46-36(4,5)6)15-21-7-9-22(10-8-21)31-38-17-23(18-39-31)26-12-11-25(42)16-27(26)37/h7-14,16-18,24,28,42H,15,19-20H2,1-6H3,(H,40,43). The second-order valence-corrected chi connectivity index (χ2v) is 14.9. The molecular weight excluding hydrogens is 619 g/mol. The Hall–Kier alpha value is -4.64. The highest BCUT2D eigenvalue weighted by molar-refractivity contribution is 7.14. The minimum absolute atomic E-state index is 0.111. The van der Waals surface area contributed by atoms with E-state index in [4.69, 9.17) is 4.74 Å². The fraction of sp³-hybridized carbons (Fsp3) is 0.361. The van der Waals surface area contributed by atoms with Crippen molar-refractivity contribution < 1.29 is 28.6 Å². The number of rotatable bonds is 8. The van der Waals surface area contributed by atoms with Crippen molar-refractivity contribution in [1.29, 1.82) is 0 Å². The third-order valence-corrected chi connectivity index (χ3v) is 9.18. The molecule has 11 heteroatoms. The van der Waals surface area contributed by atoms with E-state index in [9.17, 15) is 23.9 Å². The molecule has 0 spiro atoms. The lowest BCUT2D eigenvalue weighted by atomic mass is 9.95. The van der Waals surface area contributed by atoms with Gasteiger partial charge in [0.05, 0.1) is 10.8 Å². The molecule has 1 saturated heterocycles. The lowest BCUT2D eigenvalue weighted by Gasteiger charge is -2.40. The average molecular weight is 659 g/mol. The maximum absolute atomic E-state index is 14.3. The molecule has 4 aromatic rings. The number of phenols is 1. The predicted octanol–water partition coefficient (Wildman–Crippen LogP) is 6.16.